The van der Waals surface area contributed by atoms with Crippen LogP contribution in [-0.2, 0) is 4.79 Å². The van der Waals surface area contributed by atoms with Crippen LogP contribution in [0.1, 0.15) is 39.5 Å². The van der Waals surface area contributed by atoms with Crippen LogP contribution >= 0.6 is 11.8 Å². The van der Waals surface area contributed by atoms with Crippen LogP contribution in [-0.4, -0.2) is 28.6 Å². The summed E-state index contributed by atoms with van der Waals surface area (Å²) in [7, 11) is 0. The molecule has 3 N–H and O–H groups in total. The summed E-state index contributed by atoms with van der Waals surface area (Å²) in [6.45, 7) is 4.18. The quantitative estimate of drug-likeness (QED) is 0.675. The first-order valence-corrected chi connectivity index (χ1v) is 6.90. The van der Waals surface area contributed by atoms with Gasteiger partial charge in [0.1, 0.15) is 5.54 Å². The minimum atomic E-state index is -1.03. The van der Waals surface area contributed by atoms with E-state index < -0.39 is 11.5 Å². The zero-order chi connectivity index (χ0) is 11.9. The lowest BCUT2D eigenvalue weighted by atomic mass is 9.83. The Morgan fingerprint density at radius 3 is 2.33 bits per heavy atom. The summed E-state index contributed by atoms with van der Waals surface area (Å²) < 4.78 is 0. The number of thioether (sulfide) groups is 1. The fraction of sp³-hybridized carbons (Fsp3) is 0.909. The van der Waals surface area contributed by atoms with Crippen molar-refractivity contribution < 1.29 is 9.90 Å². The van der Waals surface area contributed by atoms with Crippen LogP contribution in [0.4, 0.5) is 0 Å². The van der Waals surface area contributed by atoms with Crippen LogP contribution in [0.5, 0.6) is 0 Å². The molecule has 0 aliphatic heterocycles. The van der Waals surface area contributed by atoms with Gasteiger partial charge in [-0.2, -0.15) is 11.8 Å². The Morgan fingerprint density at radius 1 is 1.47 bits per heavy atom. The predicted molar refractivity (Wildman–Crippen MR) is 66.2 cm³/mol. The maximum atomic E-state index is 11.2. The SMILES string of the molecule is CCC(CC)CC(N)(CCSC)C(=O)O. The van der Waals surface area contributed by atoms with E-state index in [-0.39, 0.29) is 0 Å². The number of nitrogens with two attached hydrogens (primary N) is 1. The van der Waals surface area contributed by atoms with E-state index in [1.54, 1.807) is 11.8 Å². The van der Waals surface area contributed by atoms with Gasteiger partial charge in [-0.3, -0.25) is 4.79 Å². The second kappa shape index (κ2) is 7.12. The van der Waals surface area contributed by atoms with Crippen molar-refractivity contribution in [2.45, 2.75) is 45.1 Å². The third-order valence-corrected chi connectivity index (χ3v) is 3.60. The van der Waals surface area contributed by atoms with Crippen molar-refractivity contribution in [3.63, 3.8) is 0 Å². The first kappa shape index (κ1) is 14.8. The van der Waals surface area contributed by atoms with Crippen molar-refractivity contribution in [3.8, 4) is 0 Å². The molecule has 0 bridgehead atoms. The third-order valence-electron chi connectivity index (χ3n) is 2.99. The largest absolute Gasteiger partial charge is 0.480 e. The number of carboxylic acid groups (broad SMARTS) is 1. The molecule has 4 heteroatoms. The smallest absolute Gasteiger partial charge is 0.323 e. The molecule has 0 radical (unpaired) electrons. The van der Waals surface area contributed by atoms with Crippen LogP contribution in [0, 0.1) is 5.92 Å². The average Bonchev–Trinajstić information content (AvgIpc) is 2.22. The van der Waals surface area contributed by atoms with Gasteiger partial charge in [0.05, 0.1) is 0 Å². The molecule has 0 aromatic rings. The number of hydrogen-bond donors (Lipinski definition) is 2. The van der Waals surface area contributed by atoms with Gasteiger partial charge in [0.15, 0.2) is 0 Å². The lowest BCUT2D eigenvalue weighted by molar-refractivity contribution is -0.144. The van der Waals surface area contributed by atoms with E-state index in [1.165, 1.54) is 0 Å². The summed E-state index contributed by atoms with van der Waals surface area (Å²) in [6, 6.07) is 0. The predicted octanol–water partition coefficient (Wildman–Crippen LogP) is 2.35. The van der Waals surface area contributed by atoms with E-state index in [4.69, 9.17) is 10.8 Å². The molecule has 0 aliphatic carbocycles. The van der Waals surface area contributed by atoms with Gasteiger partial charge < -0.3 is 10.8 Å². The Bertz CT molecular complexity index is 195. The Labute approximate surface area is 96.8 Å². The van der Waals surface area contributed by atoms with Gasteiger partial charge in [0.2, 0.25) is 0 Å². The first-order chi connectivity index (χ1) is 7.00. The molecule has 0 rings (SSSR count). The second-order valence-corrected chi connectivity index (χ2v) is 5.08. The van der Waals surface area contributed by atoms with E-state index in [0.717, 1.165) is 18.6 Å². The molecule has 0 aromatic heterocycles. The van der Waals surface area contributed by atoms with E-state index in [2.05, 4.69) is 13.8 Å². The van der Waals surface area contributed by atoms with Crippen LogP contribution < -0.4 is 5.73 Å². The van der Waals surface area contributed by atoms with Gasteiger partial charge in [-0.05, 0) is 30.8 Å². The van der Waals surface area contributed by atoms with Crippen molar-refractivity contribution >= 4 is 17.7 Å². The Morgan fingerprint density at radius 2 is 2.00 bits per heavy atom. The van der Waals surface area contributed by atoms with E-state index in [1.807, 2.05) is 6.26 Å². The Kier molecular flexibility index (Phi) is 7.02. The zero-order valence-corrected chi connectivity index (χ0v) is 10.8. The summed E-state index contributed by atoms with van der Waals surface area (Å²) in [5, 5.41) is 9.16. The maximum absolute atomic E-state index is 11.2. The molecule has 0 aromatic carbocycles. The standard InChI is InChI=1S/C11H23NO2S/c1-4-9(5-2)8-11(12,10(13)14)6-7-15-3/h9H,4-8,12H2,1-3H3,(H,13,14). The average molecular weight is 233 g/mol. The number of aliphatic carboxylic acids is 1. The molecule has 0 saturated carbocycles. The fourth-order valence-corrected chi connectivity index (χ4v) is 2.24. The summed E-state index contributed by atoms with van der Waals surface area (Å²) in [5.41, 5.74) is 4.94. The maximum Gasteiger partial charge on any atom is 0.323 e. The van der Waals surface area contributed by atoms with Crippen LogP contribution in [0.2, 0.25) is 0 Å². The van der Waals surface area contributed by atoms with E-state index >= 15 is 0 Å². The monoisotopic (exact) mass is 233 g/mol. The summed E-state index contributed by atoms with van der Waals surface area (Å²) in [5.74, 6) is 0.375. The topological polar surface area (TPSA) is 63.3 Å². The van der Waals surface area contributed by atoms with Gasteiger partial charge in [0.25, 0.3) is 0 Å². The van der Waals surface area contributed by atoms with E-state index in [0.29, 0.717) is 18.8 Å². The minimum absolute atomic E-state index is 0.424. The van der Waals surface area contributed by atoms with Gasteiger partial charge in [-0.25, -0.2) is 0 Å². The zero-order valence-electron chi connectivity index (χ0n) is 9.95. The second-order valence-electron chi connectivity index (χ2n) is 4.09. The highest BCUT2D eigenvalue weighted by Gasteiger charge is 2.34. The van der Waals surface area contributed by atoms with Crippen molar-refractivity contribution in [2.24, 2.45) is 11.7 Å². The highest BCUT2D eigenvalue weighted by atomic mass is 32.2. The summed E-state index contributed by atoms with van der Waals surface area (Å²) in [4.78, 5) is 11.2. The van der Waals surface area contributed by atoms with Gasteiger partial charge in [-0.15, -0.1) is 0 Å². The summed E-state index contributed by atoms with van der Waals surface area (Å²) >= 11 is 1.64. The van der Waals surface area contributed by atoms with Gasteiger partial charge in [-0.1, -0.05) is 26.7 Å². The normalized spacial score (nSPS) is 15.3. The van der Waals surface area contributed by atoms with Crippen LogP contribution in [0.15, 0.2) is 0 Å². The van der Waals surface area contributed by atoms with Crippen molar-refractivity contribution in [2.75, 3.05) is 12.0 Å². The van der Waals surface area contributed by atoms with Crippen LogP contribution in [0.25, 0.3) is 0 Å². The molecule has 0 fully saturated rings. The molecule has 3 nitrogen and oxygen atoms in total. The number of carboxylic acids is 1. The van der Waals surface area contributed by atoms with Gasteiger partial charge in [0, 0.05) is 0 Å². The Hall–Kier alpha value is -0.220. The minimum Gasteiger partial charge on any atom is -0.480 e. The van der Waals surface area contributed by atoms with Gasteiger partial charge >= 0.3 is 5.97 Å². The molecule has 90 valence electrons. The molecule has 0 heterocycles. The molecule has 0 spiro atoms. The Balaban J connectivity index is 4.42. The van der Waals surface area contributed by atoms with Crippen LogP contribution in [0.3, 0.4) is 0 Å². The number of hydrogen-bond acceptors (Lipinski definition) is 3. The molecule has 1 atom stereocenters. The summed E-state index contributed by atoms with van der Waals surface area (Å²) in [6.07, 6.45) is 5.12. The van der Waals surface area contributed by atoms with Crippen molar-refractivity contribution in [1.29, 1.82) is 0 Å². The molecule has 0 amide bonds. The van der Waals surface area contributed by atoms with Crippen molar-refractivity contribution in [3.05, 3.63) is 0 Å². The highest BCUT2D eigenvalue weighted by molar-refractivity contribution is 7.98. The molecule has 0 saturated heterocycles. The number of carbonyl (C=O) groups is 1. The molecule has 1 unspecified atom stereocenters. The molecule has 0 aliphatic rings. The molecule has 15 heavy (non-hydrogen) atoms. The lowest BCUT2D eigenvalue weighted by Crippen LogP contribution is -2.49. The van der Waals surface area contributed by atoms with E-state index in [9.17, 15) is 4.79 Å². The third kappa shape index (κ3) is 4.89. The van der Waals surface area contributed by atoms with Crippen molar-refractivity contribution in [1.82, 2.24) is 0 Å². The first-order valence-electron chi connectivity index (χ1n) is 5.51. The highest BCUT2D eigenvalue weighted by Crippen LogP contribution is 2.24. The fourth-order valence-electron chi connectivity index (χ4n) is 1.67. The number of rotatable bonds is 8. The molecular weight excluding hydrogens is 210 g/mol. The lowest BCUT2D eigenvalue weighted by Gasteiger charge is -2.28. The molecular formula is C11H23NO2S.